The molecule has 5 saturated heterocycles. The van der Waals surface area contributed by atoms with Gasteiger partial charge in [-0.1, -0.05) is 51.5 Å². The highest BCUT2D eigenvalue weighted by atomic mass is 32.2. The average Bonchev–Trinajstić information content (AvgIpc) is 1.86. The molecule has 9 aliphatic rings. The van der Waals surface area contributed by atoms with Gasteiger partial charge in [-0.05, 0) is 133 Å². The lowest BCUT2D eigenvalue weighted by Crippen LogP contribution is -2.66. The first-order chi connectivity index (χ1) is 38.7. The van der Waals surface area contributed by atoms with Gasteiger partial charge in [0.25, 0.3) is 10.1 Å². The number of hydrogen-bond acceptors (Lipinski definition) is 24. The molecule has 33 atom stereocenters. The molecule has 0 bridgehead atoms. The maximum atomic E-state index is 12.9. The van der Waals surface area contributed by atoms with Crippen LogP contribution in [0, 0.1) is 40.4 Å². The number of aliphatic hydroxyl groups is 12. The molecule has 4 aliphatic carbocycles. The molecule has 5 aliphatic heterocycles. The van der Waals surface area contributed by atoms with Gasteiger partial charge in [0.2, 0.25) is 0 Å². The summed E-state index contributed by atoms with van der Waals surface area (Å²) in [7, 11) is -4.49. The Labute approximate surface area is 485 Å². The van der Waals surface area contributed by atoms with E-state index >= 15 is 0 Å². The van der Waals surface area contributed by atoms with Crippen LogP contribution in [0.2, 0.25) is 0 Å². The van der Waals surface area contributed by atoms with Crippen molar-refractivity contribution < 1.29 is 122 Å². The van der Waals surface area contributed by atoms with Crippen molar-refractivity contribution in [3.05, 3.63) is 23.8 Å². The van der Waals surface area contributed by atoms with Gasteiger partial charge < -0.3 is 109 Å². The van der Waals surface area contributed by atoms with E-state index in [0.717, 1.165) is 18.4 Å². The summed E-state index contributed by atoms with van der Waals surface area (Å²) in [6, 6.07) is 0. The molecule has 0 aromatic heterocycles. The van der Waals surface area contributed by atoms with Gasteiger partial charge >= 0.3 is 0 Å². The van der Waals surface area contributed by atoms with Crippen LogP contribution in [-0.4, -0.2) is 245 Å². The zero-order valence-corrected chi connectivity index (χ0v) is 49.7. The van der Waals surface area contributed by atoms with Crippen LogP contribution in [0.5, 0.6) is 0 Å². The molecule has 5 heterocycles. The van der Waals surface area contributed by atoms with E-state index in [2.05, 4.69) is 40.3 Å². The maximum absolute atomic E-state index is 12.9. The predicted molar refractivity (Wildman–Crippen MR) is 287 cm³/mol. The van der Waals surface area contributed by atoms with Gasteiger partial charge in [-0.15, -0.1) is 0 Å². The molecular formula is C57H94O25S. The average molecular weight is 1210 g/mol. The molecule has 478 valence electrons. The smallest absolute Gasteiger partial charge is 0.267 e. The van der Waals surface area contributed by atoms with Gasteiger partial charge in [0.15, 0.2) is 31.5 Å². The fourth-order valence-electron chi connectivity index (χ4n) is 15.6. The van der Waals surface area contributed by atoms with E-state index in [9.17, 15) is 74.2 Å². The zero-order chi connectivity index (χ0) is 60.9. The number of aliphatic hydroxyl groups excluding tert-OH is 11. The first-order valence-electron chi connectivity index (χ1n) is 29.8. The lowest BCUT2D eigenvalue weighted by atomic mass is 9.47. The summed E-state index contributed by atoms with van der Waals surface area (Å²) < 4.78 is 97.6. The molecule has 0 unspecified atom stereocenters. The fourth-order valence-corrected chi connectivity index (χ4v) is 16.4. The van der Waals surface area contributed by atoms with Gasteiger partial charge in [0.1, 0.15) is 91.6 Å². The molecule has 0 radical (unpaired) electrons. The Hall–Kier alpha value is -1.49. The van der Waals surface area contributed by atoms with E-state index in [1.807, 2.05) is 6.92 Å². The molecule has 3 saturated carbocycles. The largest absolute Gasteiger partial charge is 0.390 e. The standard InChI is InChI=1S/C57H94O25S/c1-22(2)23(3)13-18-57(10,69)35-12-11-30-29-20-33(32-19-28(83(70,71)72)14-16-55(32,8)31(29)15-17-56(30,35)9)78-52-46(68)47(39(61)27(7)76-52)80-53-48(81-50-44(66)41(63)36(58)24(4)74-50)40(62)34(21-73-53)79-54-49(43(65)38(60)26(6)77-54)82-51-45(67)42(64)37(59)25(5)75-51/h15,22,24-30,32-54,58-69H,3,11-14,16-21H2,1-2,4-10H3,(H,70,71,72)/t24-,25-,26-,27-,28+,29+,30+,32-,33+,34-,35+,36-,37-,38+,39-,40+,41+,42+,43+,44-,45-,46-,47+,48-,49-,50+,51+,52+,53+,54+,55-,56+,57+/m1/s1. The van der Waals surface area contributed by atoms with Crippen LogP contribution in [0.4, 0.5) is 0 Å². The lowest BCUT2D eigenvalue weighted by molar-refractivity contribution is -0.397. The molecule has 8 fully saturated rings. The van der Waals surface area contributed by atoms with Crippen LogP contribution >= 0.6 is 0 Å². The van der Waals surface area contributed by atoms with E-state index in [1.165, 1.54) is 33.3 Å². The van der Waals surface area contributed by atoms with Crippen LogP contribution < -0.4 is 0 Å². The SMILES string of the molecule is C=C(CC[C@](C)(O)[C@H]1CC[C@H]2[C@@H]3C[C@H](O[C@@H]4O[C@H](C)[C@@H](O)[C@H](O[C@@H]5OC[C@@H](O[C@@H]6O[C@H](C)[C@H](O)[C@H](O)[C@H]6O[C@@H]6O[C@H](C)[C@@H](O)[C@H](O)[C@H]6O)[C@H](O)[C@H]5O[C@@H]5O[C@H](C)[C@@H](O)[C@H](O)[C@H]5O)[C@H]4O)[C@H]4C[C@@H](S(=O)(=O)O)CC[C@]4(C)C3=CC[C@@]21C)C(C)C. The Morgan fingerprint density at radius 2 is 1.13 bits per heavy atom. The lowest BCUT2D eigenvalue weighted by Gasteiger charge is -2.60. The molecule has 0 amide bonds. The zero-order valence-electron chi connectivity index (χ0n) is 48.9. The molecule has 0 spiro atoms. The number of ether oxygens (including phenoxy) is 10. The van der Waals surface area contributed by atoms with E-state index < -0.39 is 192 Å². The first kappa shape index (κ1) is 65.9. The van der Waals surface area contributed by atoms with E-state index in [1.54, 1.807) is 0 Å². The van der Waals surface area contributed by atoms with Gasteiger partial charge in [0.05, 0.1) is 48.0 Å². The predicted octanol–water partition coefficient (Wildman–Crippen LogP) is -0.593. The monoisotopic (exact) mass is 1210 g/mol. The Balaban J connectivity index is 0.975. The topological polar surface area (TPSA) is 389 Å². The van der Waals surface area contributed by atoms with Crippen molar-refractivity contribution in [2.24, 2.45) is 40.4 Å². The van der Waals surface area contributed by atoms with Crippen molar-refractivity contribution in [3.63, 3.8) is 0 Å². The number of rotatable bonds is 16. The summed E-state index contributed by atoms with van der Waals surface area (Å²) in [6.45, 7) is 19.9. The fraction of sp³-hybridized carbons (Fsp3) is 0.930. The van der Waals surface area contributed by atoms with Crippen LogP contribution in [0.15, 0.2) is 23.8 Å². The normalized spacial score (nSPS) is 52.2. The summed E-state index contributed by atoms with van der Waals surface area (Å²) in [6.07, 6.45) is -32.8. The highest BCUT2D eigenvalue weighted by Gasteiger charge is 2.64. The molecular weight excluding hydrogens is 1120 g/mol. The third-order valence-electron chi connectivity index (χ3n) is 21.0. The summed E-state index contributed by atoms with van der Waals surface area (Å²) in [5.74, 6) is -0.259. The minimum Gasteiger partial charge on any atom is -0.390 e. The molecule has 83 heavy (non-hydrogen) atoms. The second-order valence-electron chi connectivity index (χ2n) is 26.6. The van der Waals surface area contributed by atoms with Crippen molar-refractivity contribution in [1.29, 1.82) is 0 Å². The van der Waals surface area contributed by atoms with Gasteiger partial charge in [-0.3, -0.25) is 4.55 Å². The summed E-state index contributed by atoms with van der Waals surface area (Å²) in [5.41, 5.74) is 0.341. The Morgan fingerprint density at radius 3 is 1.70 bits per heavy atom. The third kappa shape index (κ3) is 12.6. The first-order valence-corrected chi connectivity index (χ1v) is 31.3. The molecule has 26 heteroatoms. The second-order valence-corrected chi connectivity index (χ2v) is 28.3. The Morgan fingerprint density at radius 1 is 0.627 bits per heavy atom. The molecule has 9 rings (SSSR count). The minimum atomic E-state index is -4.49. The maximum Gasteiger partial charge on any atom is 0.267 e. The van der Waals surface area contributed by atoms with Crippen molar-refractivity contribution in [1.82, 2.24) is 0 Å². The van der Waals surface area contributed by atoms with Crippen molar-refractivity contribution in [2.75, 3.05) is 6.61 Å². The van der Waals surface area contributed by atoms with Crippen LogP contribution in [0.1, 0.15) is 120 Å². The quantitative estimate of drug-likeness (QED) is 0.0678. The molecule has 0 aromatic rings. The Bertz CT molecular complexity index is 2380. The van der Waals surface area contributed by atoms with E-state index in [0.29, 0.717) is 32.1 Å². The van der Waals surface area contributed by atoms with E-state index in [4.69, 9.17) is 47.4 Å². The number of fused-ring (bicyclic) bond motifs is 5. The van der Waals surface area contributed by atoms with Crippen molar-refractivity contribution in [2.45, 2.75) is 284 Å². The van der Waals surface area contributed by atoms with E-state index in [-0.39, 0.29) is 41.9 Å². The Kier molecular flexibility index (Phi) is 19.9. The van der Waals surface area contributed by atoms with Gasteiger partial charge in [-0.25, -0.2) is 0 Å². The summed E-state index contributed by atoms with van der Waals surface area (Å²) >= 11 is 0. The summed E-state index contributed by atoms with van der Waals surface area (Å²) in [5, 5.41) is 134. The minimum absolute atomic E-state index is 0.0412. The second kappa shape index (κ2) is 25.1. The van der Waals surface area contributed by atoms with Gasteiger partial charge in [-0.2, -0.15) is 8.42 Å². The van der Waals surface area contributed by atoms with Crippen LogP contribution in [0.25, 0.3) is 0 Å². The van der Waals surface area contributed by atoms with Gasteiger partial charge in [0, 0.05) is 0 Å². The third-order valence-corrected chi connectivity index (χ3v) is 22.3. The highest BCUT2D eigenvalue weighted by molar-refractivity contribution is 7.86. The molecule has 0 aromatic carbocycles. The number of hydrogen-bond donors (Lipinski definition) is 13. The van der Waals surface area contributed by atoms with Crippen molar-refractivity contribution >= 4 is 10.1 Å². The van der Waals surface area contributed by atoms with Crippen LogP contribution in [0.3, 0.4) is 0 Å². The molecule has 13 N–H and O–H groups in total. The van der Waals surface area contributed by atoms with Crippen molar-refractivity contribution in [3.8, 4) is 0 Å². The molecule has 25 nitrogen and oxygen atoms in total. The summed E-state index contributed by atoms with van der Waals surface area (Å²) in [4.78, 5) is 0. The van der Waals surface area contributed by atoms with Crippen LogP contribution in [-0.2, 0) is 57.5 Å². The number of allylic oxidation sites excluding steroid dienone is 3. The highest BCUT2D eigenvalue weighted by Crippen LogP contribution is 2.68.